The molecule has 3 nitrogen and oxygen atoms in total. The van der Waals surface area contributed by atoms with Crippen molar-refractivity contribution in [3.8, 4) is 0 Å². The summed E-state index contributed by atoms with van der Waals surface area (Å²) in [5.41, 5.74) is 0. The molecule has 0 radical (unpaired) electrons. The molecule has 0 aromatic rings. The molecule has 1 fully saturated rings. The van der Waals surface area contributed by atoms with Crippen molar-refractivity contribution in [2.75, 3.05) is 26.8 Å². The summed E-state index contributed by atoms with van der Waals surface area (Å²) in [6.07, 6.45) is 2.32. The maximum absolute atomic E-state index is 5.82. The fourth-order valence-corrected chi connectivity index (χ4v) is 3.28. The summed E-state index contributed by atoms with van der Waals surface area (Å²) in [5, 5.41) is 3.46. The van der Waals surface area contributed by atoms with Crippen LogP contribution in [0.15, 0.2) is 0 Å². The van der Waals surface area contributed by atoms with Crippen LogP contribution < -0.4 is 5.32 Å². The Morgan fingerprint density at radius 2 is 2.50 bits per heavy atom. The van der Waals surface area contributed by atoms with E-state index in [-0.39, 0.29) is 5.22 Å². The van der Waals surface area contributed by atoms with E-state index >= 15 is 0 Å². The van der Waals surface area contributed by atoms with Crippen molar-refractivity contribution in [1.82, 2.24) is 5.32 Å². The Balaban J connectivity index is 2.44. The molecule has 1 saturated heterocycles. The van der Waals surface area contributed by atoms with Crippen LogP contribution >= 0.6 is 0 Å². The van der Waals surface area contributed by atoms with Gasteiger partial charge < -0.3 is 14.5 Å². The molecule has 1 aliphatic heterocycles. The van der Waals surface area contributed by atoms with E-state index in [9.17, 15) is 0 Å². The van der Waals surface area contributed by atoms with Crippen LogP contribution in [0.4, 0.5) is 0 Å². The number of hydrogen-bond acceptors (Lipinski definition) is 3. The summed E-state index contributed by atoms with van der Waals surface area (Å²) in [4.78, 5) is 0. The van der Waals surface area contributed by atoms with E-state index in [4.69, 9.17) is 9.16 Å². The molecule has 1 N–H and O–H groups in total. The number of morpholine rings is 1. The first-order valence-electron chi connectivity index (χ1n) is 4.66. The van der Waals surface area contributed by atoms with E-state index in [1.165, 1.54) is 6.42 Å². The van der Waals surface area contributed by atoms with Crippen LogP contribution in [0.2, 0.25) is 0 Å². The van der Waals surface area contributed by atoms with E-state index in [2.05, 4.69) is 12.2 Å². The minimum atomic E-state index is -0.527. The molecule has 1 unspecified atom stereocenters. The maximum atomic E-state index is 5.82. The van der Waals surface area contributed by atoms with Crippen LogP contribution in [0.25, 0.3) is 0 Å². The normalized spacial score (nSPS) is 31.5. The van der Waals surface area contributed by atoms with E-state index in [0.717, 1.165) is 26.1 Å². The van der Waals surface area contributed by atoms with Crippen molar-refractivity contribution < 1.29 is 9.16 Å². The monoisotopic (exact) mass is 189 g/mol. The first-order valence-corrected chi connectivity index (χ1v) is 5.95. The molecule has 4 heteroatoms. The van der Waals surface area contributed by atoms with Gasteiger partial charge in [0.05, 0.1) is 11.8 Å². The SMILES string of the molecule is CCCC1([SiH2]OC)CNCCO1. The summed E-state index contributed by atoms with van der Waals surface area (Å²) < 4.78 is 11.1. The van der Waals surface area contributed by atoms with E-state index in [1.807, 2.05) is 0 Å². The Labute approximate surface area is 76.8 Å². The van der Waals surface area contributed by atoms with Gasteiger partial charge in [-0.3, -0.25) is 0 Å². The average Bonchev–Trinajstić information content (AvgIpc) is 2.07. The maximum Gasteiger partial charge on any atom is 0.195 e. The smallest absolute Gasteiger partial charge is 0.195 e. The second-order valence-electron chi connectivity index (χ2n) is 3.39. The Morgan fingerprint density at radius 3 is 3.00 bits per heavy atom. The molecule has 1 heterocycles. The zero-order valence-corrected chi connectivity index (χ0v) is 9.47. The topological polar surface area (TPSA) is 30.5 Å². The minimum absolute atomic E-state index is 0.0851. The van der Waals surface area contributed by atoms with Gasteiger partial charge in [-0.2, -0.15) is 0 Å². The van der Waals surface area contributed by atoms with Crippen LogP contribution in [0.5, 0.6) is 0 Å². The first-order chi connectivity index (χ1) is 5.83. The molecule has 0 aromatic carbocycles. The van der Waals surface area contributed by atoms with Crippen molar-refractivity contribution in [2.45, 2.75) is 25.0 Å². The van der Waals surface area contributed by atoms with Gasteiger partial charge in [0.15, 0.2) is 9.76 Å². The number of ether oxygens (including phenoxy) is 1. The predicted molar refractivity (Wildman–Crippen MR) is 52.0 cm³/mol. The molecule has 1 atom stereocenters. The van der Waals surface area contributed by atoms with Crippen LogP contribution in [0.1, 0.15) is 19.8 Å². The van der Waals surface area contributed by atoms with Crippen molar-refractivity contribution in [2.24, 2.45) is 0 Å². The molecular weight excluding hydrogens is 170 g/mol. The Kier molecular flexibility index (Phi) is 4.21. The Morgan fingerprint density at radius 1 is 1.67 bits per heavy atom. The summed E-state index contributed by atoms with van der Waals surface area (Å²) in [7, 11) is 1.27. The highest BCUT2D eigenvalue weighted by atomic mass is 28.2. The fourth-order valence-electron chi connectivity index (χ4n) is 1.75. The van der Waals surface area contributed by atoms with E-state index in [0.29, 0.717) is 0 Å². The van der Waals surface area contributed by atoms with Gasteiger partial charge in [0.25, 0.3) is 0 Å². The lowest BCUT2D eigenvalue weighted by atomic mass is 10.2. The van der Waals surface area contributed by atoms with Crippen LogP contribution in [-0.4, -0.2) is 41.8 Å². The quantitative estimate of drug-likeness (QED) is 0.623. The molecule has 0 spiro atoms. The van der Waals surface area contributed by atoms with Gasteiger partial charge >= 0.3 is 0 Å². The highest BCUT2D eigenvalue weighted by molar-refractivity contribution is 6.32. The first kappa shape index (κ1) is 10.2. The second kappa shape index (κ2) is 4.96. The number of nitrogens with one attached hydrogen (secondary N) is 1. The molecule has 0 aliphatic carbocycles. The summed E-state index contributed by atoms with van der Waals surface area (Å²) >= 11 is 0. The van der Waals surface area contributed by atoms with Gasteiger partial charge in [0, 0.05) is 20.2 Å². The highest BCUT2D eigenvalue weighted by Gasteiger charge is 2.32. The molecule has 0 amide bonds. The van der Waals surface area contributed by atoms with Gasteiger partial charge in [0.2, 0.25) is 0 Å². The third-order valence-electron chi connectivity index (χ3n) is 2.25. The molecule has 0 saturated carbocycles. The van der Waals surface area contributed by atoms with E-state index < -0.39 is 9.76 Å². The zero-order chi connectivity index (χ0) is 8.86. The van der Waals surface area contributed by atoms with Gasteiger partial charge in [-0.15, -0.1) is 0 Å². The molecule has 1 aliphatic rings. The van der Waals surface area contributed by atoms with Crippen molar-refractivity contribution in [1.29, 1.82) is 0 Å². The van der Waals surface area contributed by atoms with Gasteiger partial charge in [-0.25, -0.2) is 0 Å². The highest BCUT2D eigenvalue weighted by Crippen LogP contribution is 2.18. The predicted octanol–water partition coefficient (Wildman–Crippen LogP) is -0.167. The lowest BCUT2D eigenvalue weighted by molar-refractivity contribution is -0.0212. The van der Waals surface area contributed by atoms with Gasteiger partial charge in [0.1, 0.15) is 0 Å². The largest absolute Gasteiger partial charge is 0.424 e. The number of hydrogen-bond donors (Lipinski definition) is 1. The average molecular weight is 189 g/mol. The second-order valence-corrected chi connectivity index (χ2v) is 5.55. The molecule has 72 valence electrons. The third kappa shape index (κ3) is 2.55. The molecule has 1 rings (SSSR count). The molecule has 0 aromatic heterocycles. The standard InChI is InChI=1S/C8H19NO2Si/c1-3-4-8(12-10-2)7-9-5-6-11-8/h9H,3-7,12H2,1-2H3. The van der Waals surface area contributed by atoms with Crippen LogP contribution in [-0.2, 0) is 9.16 Å². The third-order valence-corrected chi connectivity index (χ3v) is 3.87. The summed E-state index contributed by atoms with van der Waals surface area (Å²) in [5.74, 6) is 0. The summed E-state index contributed by atoms with van der Waals surface area (Å²) in [6.45, 7) is 5.02. The number of rotatable bonds is 4. The van der Waals surface area contributed by atoms with Crippen molar-refractivity contribution in [3.05, 3.63) is 0 Å². The molecule has 0 bridgehead atoms. The molecule has 12 heavy (non-hydrogen) atoms. The van der Waals surface area contributed by atoms with Crippen LogP contribution in [0, 0.1) is 0 Å². The lowest BCUT2D eigenvalue weighted by Crippen LogP contribution is -2.54. The Hall–Kier alpha value is 0.0969. The van der Waals surface area contributed by atoms with Crippen LogP contribution in [0.3, 0.4) is 0 Å². The summed E-state index contributed by atoms with van der Waals surface area (Å²) in [6, 6.07) is 0. The fraction of sp³-hybridized carbons (Fsp3) is 1.00. The minimum Gasteiger partial charge on any atom is -0.424 e. The lowest BCUT2D eigenvalue weighted by Gasteiger charge is -2.36. The van der Waals surface area contributed by atoms with Gasteiger partial charge in [-0.1, -0.05) is 13.3 Å². The zero-order valence-electron chi connectivity index (χ0n) is 8.06. The van der Waals surface area contributed by atoms with Crippen molar-refractivity contribution >= 4 is 9.76 Å². The van der Waals surface area contributed by atoms with Gasteiger partial charge in [-0.05, 0) is 6.42 Å². The molecular formula is C8H19NO2Si. The Bertz CT molecular complexity index is 111. The van der Waals surface area contributed by atoms with E-state index in [1.54, 1.807) is 7.11 Å². The van der Waals surface area contributed by atoms with Crippen molar-refractivity contribution in [3.63, 3.8) is 0 Å².